The summed E-state index contributed by atoms with van der Waals surface area (Å²) in [5, 5.41) is 26.4. The molecule has 2 atom stereocenters. The van der Waals surface area contributed by atoms with Crippen LogP contribution in [0.15, 0.2) is 30.3 Å². The third-order valence-corrected chi connectivity index (χ3v) is 2.06. The minimum Gasteiger partial charge on any atom is -0.479 e. The van der Waals surface area contributed by atoms with E-state index in [1.165, 1.54) is 0 Å². The van der Waals surface area contributed by atoms with Crippen LogP contribution in [-0.4, -0.2) is 39.5 Å². The SMILES string of the molecule is O=C(O)[C@H](O)[C@@H](OCc1ccccc1)C(=O)O. The number of carbonyl (C=O) groups is 2. The molecule has 0 amide bonds. The molecular weight excluding hydrogens is 228 g/mol. The molecule has 0 aliphatic rings. The van der Waals surface area contributed by atoms with Gasteiger partial charge in [-0.25, -0.2) is 9.59 Å². The van der Waals surface area contributed by atoms with Crippen LogP contribution >= 0.6 is 0 Å². The third-order valence-electron chi connectivity index (χ3n) is 2.06. The fourth-order valence-electron chi connectivity index (χ4n) is 1.19. The van der Waals surface area contributed by atoms with Crippen molar-refractivity contribution < 1.29 is 29.6 Å². The Morgan fingerprint density at radius 1 is 1.12 bits per heavy atom. The van der Waals surface area contributed by atoms with E-state index in [1.807, 2.05) is 0 Å². The van der Waals surface area contributed by atoms with Crippen molar-refractivity contribution in [3.63, 3.8) is 0 Å². The summed E-state index contributed by atoms with van der Waals surface area (Å²) in [6.07, 6.45) is -3.87. The first kappa shape index (κ1) is 13.1. The Hall–Kier alpha value is -1.92. The van der Waals surface area contributed by atoms with Gasteiger partial charge >= 0.3 is 11.9 Å². The van der Waals surface area contributed by atoms with Crippen LogP contribution in [0.4, 0.5) is 0 Å². The van der Waals surface area contributed by atoms with Crippen LogP contribution in [0.3, 0.4) is 0 Å². The zero-order valence-corrected chi connectivity index (χ0v) is 8.81. The van der Waals surface area contributed by atoms with Gasteiger partial charge in [0.1, 0.15) is 0 Å². The first-order valence-electron chi connectivity index (χ1n) is 4.81. The second kappa shape index (κ2) is 5.97. The standard InChI is InChI=1S/C11H12O6/c12-8(10(13)14)9(11(15)16)17-6-7-4-2-1-3-5-7/h1-5,8-9,12H,6H2,(H,13,14)(H,15,16)/t8-,9-/m1/s1. The van der Waals surface area contributed by atoms with E-state index in [1.54, 1.807) is 30.3 Å². The van der Waals surface area contributed by atoms with Crippen molar-refractivity contribution in [1.29, 1.82) is 0 Å². The first-order chi connectivity index (χ1) is 8.02. The lowest BCUT2D eigenvalue weighted by atomic mass is 10.2. The number of benzene rings is 1. The molecule has 1 aromatic rings. The minimum absolute atomic E-state index is 0.0812. The van der Waals surface area contributed by atoms with E-state index >= 15 is 0 Å². The van der Waals surface area contributed by atoms with Crippen molar-refractivity contribution in [2.45, 2.75) is 18.8 Å². The zero-order valence-electron chi connectivity index (χ0n) is 8.81. The molecule has 6 heteroatoms. The Labute approximate surface area is 97.1 Å². The number of hydrogen-bond acceptors (Lipinski definition) is 4. The normalized spacial score (nSPS) is 13.9. The van der Waals surface area contributed by atoms with E-state index in [0.29, 0.717) is 5.56 Å². The highest BCUT2D eigenvalue weighted by molar-refractivity contribution is 5.83. The minimum atomic E-state index is -2.09. The zero-order chi connectivity index (χ0) is 12.8. The van der Waals surface area contributed by atoms with E-state index in [-0.39, 0.29) is 6.61 Å². The summed E-state index contributed by atoms with van der Waals surface area (Å²) in [5.41, 5.74) is 0.691. The fraction of sp³-hybridized carbons (Fsp3) is 0.273. The summed E-state index contributed by atoms with van der Waals surface area (Å²) >= 11 is 0. The molecule has 92 valence electrons. The second-order valence-electron chi connectivity index (χ2n) is 3.34. The van der Waals surface area contributed by atoms with Gasteiger partial charge < -0.3 is 20.1 Å². The maximum Gasteiger partial charge on any atom is 0.336 e. The van der Waals surface area contributed by atoms with E-state index in [9.17, 15) is 9.59 Å². The molecule has 6 nitrogen and oxygen atoms in total. The van der Waals surface area contributed by atoms with Gasteiger partial charge in [-0.2, -0.15) is 0 Å². The van der Waals surface area contributed by atoms with Gasteiger partial charge in [-0.15, -0.1) is 0 Å². The highest BCUT2D eigenvalue weighted by Crippen LogP contribution is 2.07. The lowest BCUT2D eigenvalue weighted by Crippen LogP contribution is -2.41. The molecule has 0 heterocycles. The fourth-order valence-corrected chi connectivity index (χ4v) is 1.19. The van der Waals surface area contributed by atoms with Crippen LogP contribution in [0.25, 0.3) is 0 Å². The number of aliphatic carboxylic acids is 2. The average Bonchev–Trinajstić information content (AvgIpc) is 2.29. The summed E-state index contributed by atoms with van der Waals surface area (Å²) in [6, 6.07) is 8.66. The molecular formula is C11H12O6. The molecule has 1 aromatic carbocycles. The van der Waals surface area contributed by atoms with Gasteiger partial charge in [0.05, 0.1) is 6.61 Å². The van der Waals surface area contributed by atoms with Crippen molar-refractivity contribution in [3.8, 4) is 0 Å². The Morgan fingerprint density at radius 3 is 2.18 bits per heavy atom. The smallest absolute Gasteiger partial charge is 0.336 e. The number of rotatable bonds is 6. The van der Waals surface area contributed by atoms with Gasteiger partial charge in [0, 0.05) is 0 Å². The van der Waals surface area contributed by atoms with Crippen LogP contribution in [0, 0.1) is 0 Å². The number of ether oxygens (including phenoxy) is 1. The van der Waals surface area contributed by atoms with Crippen LogP contribution in [-0.2, 0) is 20.9 Å². The molecule has 0 bridgehead atoms. The third kappa shape index (κ3) is 3.86. The molecule has 0 unspecified atom stereocenters. The van der Waals surface area contributed by atoms with Crippen molar-refractivity contribution >= 4 is 11.9 Å². The number of aliphatic hydroxyl groups is 1. The monoisotopic (exact) mass is 240 g/mol. The van der Waals surface area contributed by atoms with Crippen LogP contribution < -0.4 is 0 Å². The molecule has 0 aromatic heterocycles. The lowest BCUT2D eigenvalue weighted by Gasteiger charge is -2.16. The maximum absolute atomic E-state index is 10.7. The Balaban J connectivity index is 2.63. The van der Waals surface area contributed by atoms with Crippen molar-refractivity contribution in [3.05, 3.63) is 35.9 Å². The number of carboxylic acid groups (broad SMARTS) is 2. The second-order valence-corrected chi connectivity index (χ2v) is 3.34. The van der Waals surface area contributed by atoms with E-state index in [2.05, 4.69) is 0 Å². The molecule has 0 radical (unpaired) electrons. The largest absolute Gasteiger partial charge is 0.479 e. The lowest BCUT2D eigenvalue weighted by molar-refractivity contribution is -0.172. The van der Waals surface area contributed by atoms with Gasteiger partial charge in [0.2, 0.25) is 0 Å². The molecule has 1 rings (SSSR count). The molecule has 0 aliphatic heterocycles. The highest BCUT2D eigenvalue weighted by Gasteiger charge is 2.32. The number of aliphatic hydroxyl groups excluding tert-OH is 1. The molecule has 0 fully saturated rings. The summed E-state index contributed by atoms with van der Waals surface area (Å²) in [7, 11) is 0. The van der Waals surface area contributed by atoms with Crippen LogP contribution in [0.5, 0.6) is 0 Å². The molecule has 17 heavy (non-hydrogen) atoms. The van der Waals surface area contributed by atoms with Gasteiger partial charge in [-0.3, -0.25) is 0 Å². The van der Waals surface area contributed by atoms with Crippen molar-refractivity contribution in [2.24, 2.45) is 0 Å². The topological polar surface area (TPSA) is 104 Å². The molecule has 0 saturated heterocycles. The predicted octanol–water partition coefficient (Wildman–Crippen LogP) is 0.102. The van der Waals surface area contributed by atoms with Gasteiger partial charge in [0.25, 0.3) is 0 Å². The summed E-state index contributed by atoms with van der Waals surface area (Å²) in [4.78, 5) is 21.2. The van der Waals surface area contributed by atoms with Crippen LogP contribution in [0.1, 0.15) is 5.56 Å². The highest BCUT2D eigenvalue weighted by atomic mass is 16.5. The first-order valence-corrected chi connectivity index (χ1v) is 4.81. The number of hydrogen-bond donors (Lipinski definition) is 3. The van der Waals surface area contributed by atoms with Crippen molar-refractivity contribution in [1.82, 2.24) is 0 Å². The Bertz CT molecular complexity index is 388. The van der Waals surface area contributed by atoms with Crippen LogP contribution in [0.2, 0.25) is 0 Å². The molecule has 3 N–H and O–H groups in total. The molecule has 0 spiro atoms. The summed E-state index contributed by atoms with van der Waals surface area (Å²) < 4.78 is 4.88. The summed E-state index contributed by atoms with van der Waals surface area (Å²) in [6.45, 7) is -0.0812. The van der Waals surface area contributed by atoms with E-state index < -0.39 is 24.1 Å². The van der Waals surface area contributed by atoms with Crippen molar-refractivity contribution in [2.75, 3.05) is 0 Å². The maximum atomic E-state index is 10.7. The van der Waals surface area contributed by atoms with Gasteiger partial charge in [-0.1, -0.05) is 30.3 Å². The average molecular weight is 240 g/mol. The predicted molar refractivity (Wildman–Crippen MR) is 56.3 cm³/mol. The Morgan fingerprint density at radius 2 is 1.71 bits per heavy atom. The van der Waals surface area contributed by atoms with Gasteiger partial charge in [0.15, 0.2) is 12.2 Å². The van der Waals surface area contributed by atoms with E-state index in [0.717, 1.165) is 0 Å². The summed E-state index contributed by atoms with van der Waals surface area (Å²) in [5.74, 6) is -3.15. The quantitative estimate of drug-likeness (QED) is 0.651. The number of carboxylic acids is 2. The van der Waals surface area contributed by atoms with Gasteiger partial charge in [-0.05, 0) is 5.56 Å². The molecule has 0 saturated carbocycles. The molecule has 0 aliphatic carbocycles. The Kier molecular flexibility index (Phi) is 4.62. The van der Waals surface area contributed by atoms with E-state index in [4.69, 9.17) is 20.1 Å².